The molecule has 2 fully saturated rings. The Kier molecular flexibility index (Phi) is 3.82. The Bertz CT molecular complexity index is 552. The van der Waals surface area contributed by atoms with E-state index < -0.39 is 0 Å². The molecule has 0 aromatic heterocycles. The zero-order valence-electron chi connectivity index (χ0n) is 14.2. The van der Waals surface area contributed by atoms with Crippen molar-refractivity contribution < 1.29 is 9.53 Å². The van der Waals surface area contributed by atoms with E-state index in [4.69, 9.17) is 4.74 Å². The van der Waals surface area contributed by atoms with Gasteiger partial charge in [0.25, 0.3) is 0 Å². The van der Waals surface area contributed by atoms with Crippen molar-refractivity contribution in [1.29, 1.82) is 0 Å². The Morgan fingerprint density at radius 2 is 2.09 bits per heavy atom. The SMILES string of the molecule is C=C1CCC2C(C)(C)CCCC2(C)C1/C=C/C1=CCOC1=O. The van der Waals surface area contributed by atoms with Crippen molar-refractivity contribution in [3.05, 3.63) is 36.0 Å². The van der Waals surface area contributed by atoms with Crippen LogP contribution in [-0.4, -0.2) is 12.6 Å². The van der Waals surface area contributed by atoms with Crippen LogP contribution in [0, 0.1) is 22.7 Å². The highest BCUT2D eigenvalue weighted by atomic mass is 16.5. The van der Waals surface area contributed by atoms with Crippen LogP contribution in [0.3, 0.4) is 0 Å². The number of rotatable bonds is 2. The third kappa shape index (κ3) is 2.47. The van der Waals surface area contributed by atoms with Crippen LogP contribution in [0.1, 0.15) is 52.9 Å². The molecular weight excluding hydrogens is 272 g/mol. The molecule has 2 nitrogen and oxygen atoms in total. The molecule has 0 aromatic rings. The van der Waals surface area contributed by atoms with Gasteiger partial charge in [-0.1, -0.05) is 51.5 Å². The fourth-order valence-corrected chi connectivity index (χ4v) is 5.28. The predicted octanol–water partition coefficient (Wildman–Crippen LogP) is 4.82. The summed E-state index contributed by atoms with van der Waals surface area (Å²) in [6, 6.07) is 0. The van der Waals surface area contributed by atoms with Crippen molar-refractivity contribution in [2.24, 2.45) is 22.7 Å². The molecule has 0 aromatic carbocycles. The van der Waals surface area contributed by atoms with E-state index in [1.165, 1.54) is 31.3 Å². The van der Waals surface area contributed by atoms with Gasteiger partial charge in [0.15, 0.2) is 0 Å². The maximum atomic E-state index is 11.6. The van der Waals surface area contributed by atoms with Crippen LogP contribution in [-0.2, 0) is 9.53 Å². The highest BCUT2D eigenvalue weighted by Gasteiger charge is 2.52. The number of cyclic esters (lactones) is 1. The molecule has 0 radical (unpaired) electrons. The molecule has 22 heavy (non-hydrogen) atoms. The molecule has 0 amide bonds. The zero-order valence-corrected chi connectivity index (χ0v) is 14.2. The van der Waals surface area contributed by atoms with Gasteiger partial charge in [0.2, 0.25) is 0 Å². The minimum Gasteiger partial charge on any atom is -0.458 e. The van der Waals surface area contributed by atoms with Crippen LogP contribution in [0.2, 0.25) is 0 Å². The summed E-state index contributed by atoms with van der Waals surface area (Å²) < 4.78 is 4.99. The second kappa shape index (κ2) is 5.40. The van der Waals surface area contributed by atoms with Crippen molar-refractivity contribution in [3.63, 3.8) is 0 Å². The van der Waals surface area contributed by atoms with E-state index in [9.17, 15) is 4.79 Å². The van der Waals surface area contributed by atoms with E-state index in [-0.39, 0.29) is 11.4 Å². The first kappa shape index (κ1) is 15.6. The normalized spacial score (nSPS) is 37.9. The Morgan fingerprint density at radius 3 is 2.77 bits per heavy atom. The standard InChI is InChI=1S/C20H28O2/c1-14-6-9-17-19(2,3)11-5-12-20(17,4)16(14)8-7-15-10-13-22-18(15)21/h7-8,10,16-17H,1,5-6,9,11-13H2,2-4H3/b8-7+. The van der Waals surface area contributed by atoms with Gasteiger partial charge >= 0.3 is 5.97 Å². The summed E-state index contributed by atoms with van der Waals surface area (Å²) in [5, 5.41) is 0. The zero-order chi connectivity index (χ0) is 16.0. The van der Waals surface area contributed by atoms with Crippen LogP contribution in [0.25, 0.3) is 0 Å². The predicted molar refractivity (Wildman–Crippen MR) is 89.3 cm³/mol. The lowest BCUT2D eigenvalue weighted by Gasteiger charge is -2.57. The molecule has 0 bridgehead atoms. The average molecular weight is 300 g/mol. The summed E-state index contributed by atoms with van der Waals surface area (Å²) in [7, 11) is 0. The minimum absolute atomic E-state index is 0.191. The molecule has 120 valence electrons. The monoisotopic (exact) mass is 300 g/mol. The van der Waals surface area contributed by atoms with E-state index in [0.29, 0.717) is 23.5 Å². The summed E-state index contributed by atoms with van der Waals surface area (Å²) in [5.41, 5.74) is 2.72. The second-order valence-corrected chi connectivity index (χ2v) is 8.19. The third-order valence-electron chi connectivity index (χ3n) is 6.40. The molecule has 0 spiro atoms. The number of carbonyl (C=O) groups excluding carboxylic acids is 1. The smallest absolute Gasteiger partial charge is 0.338 e. The van der Waals surface area contributed by atoms with Crippen molar-refractivity contribution in [1.82, 2.24) is 0 Å². The van der Waals surface area contributed by atoms with Gasteiger partial charge in [0.05, 0.1) is 5.57 Å². The Morgan fingerprint density at radius 1 is 1.32 bits per heavy atom. The number of hydrogen-bond acceptors (Lipinski definition) is 2. The van der Waals surface area contributed by atoms with Gasteiger partial charge < -0.3 is 4.74 Å². The molecule has 3 atom stereocenters. The Hall–Kier alpha value is -1.31. The van der Waals surface area contributed by atoms with Gasteiger partial charge in [-0.25, -0.2) is 4.79 Å². The van der Waals surface area contributed by atoms with Gasteiger partial charge in [-0.2, -0.15) is 0 Å². The highest BCUT2D eigenvalue weighted by molar-refractivity contribution is 5.93. The number of allylic oxidation sites excluding steroid dienone is 2. The van der Waals surface area contributed by atoms with E-state index in [2.05, 4.69) is 33.4 Å². The maximum Gasteiger partial charge on any atom is 0.338 e. The topological polar surface area (TPSA) is 26.3 Å². The van der Waals surface area contributed by atoms with Crippen LogP contribution in [0.15, 0.2) is 36.0 Å². The van der Waals surface area contributed by atoms with Crippen molar-refractivity contribution >= 4 is 5.97 Å². The summed E-state index contributed by atoms with van der Waals surface area (Å²) in [6.07, 6.45) is 12.3. The van der Waals surface area contributed by atoms with Crippen LogP contribution in [0.4, 0.5) is 0 Å². The number of hydrogen-bond donors (Lipinski definition) is 0. The van der Waals surface area contributed by atoms with Gasteiger partial charge in [-0.15, -0.1) is 0 Å². The quantitative estimate of drug-likeness (QED) is 0.539. The van der Waals surface area contributed by atoms with Gasteiger partial charge in [-0.05, 0) is 48.5 Å². The molecular formula is C20H28O2. The summed E-state index contributed by atoms with van der Waals surface area (Å²) in [6.45, 7) is 12.1. The molecule has 2 heteroatoms. The Labute approximate surface area is 134 Å². The lowest BCUT2D eigenvalue weighted by molar-refractivity contribution is -0.135. The second-order valence-electron chi connectivity index (χ2n) is 8.19. The lowest BCUT2D eigenvalue weighted by Crippen LogP contribution is -2.48. The molecule has 0 saturated heterocycles. The summed E-state index contributed by atoms with van der Waals surface area (Å²) in [5.74, 6) is 0.918. The molecule has 3 unspecified atom stereocenters. The largest absolute Gasteiger partial charge is 0.458 e. The molecule has 3 aliphatic rings. The minimum atomic E-state index is -0.191. The van der Waals surface area contributed by atoms with Crippen molar-refractivity contribution in [3.8, 4) is 0 Å². The molecule has 2 saturated carbocycles. The van der Waals surface area contributed by atoms with Gasteiger partial charge in [0.1, 0.15) is 6.61 Å². The fourth-order valence-electron chi connectivity index (χ4n) is 5.28. The number of ether oxygens (including phenoxy) is 1. The van der Waals surface area contributed by atoms with Crippen LogP contribution < -0.4 is 0 Å². The summed E-state index contributed by atoms with van der Waals surface area (Å²) >= 11 is 0. The first-order chi connectivity index (χ1) is 10.3. The lowest BCUT2D eigenvalue weighted by atomic mass is 9.47. The van der Waals surface area contributed by atoms with Crippen molar-refractivity contribution in [2.75, 3.05) is 6.61 Å². The molecule has 1 aliphatic heterocycles. The van der Waals surface area contributed by atoms with Gasteiger partial charge in [-0.3, -0.25) is 0 Å². The first-order valence-corrected chi connectivity index (χ1v) is 8.58. The third-order valence-corrected chi connectivity index (χ3v) is 6.40. The molecule has 1 heterocycles. The van der Waals surface area contributed by atoms with E-state index in [1.54, 1.807) is 0 Å². The maximum absolute atomic E-state index is 11.6. The number of esters is 1. The van der Waals surface area contributed by atoms with Crippen molar-refractivity contribution in [2.45, 2.75) is 52.9 Å². The molecule has 0 N–H and O–H groups in total. The first-order valence-electron chi connectivity index (χ1n) is 8.58. The highest BCUT2D eigenvalue weighted by Crippen LogP contribution is 2.61. The van der Waals surface area contributed by atoms with E-state index >= 15 is 0 Å². The van der Waals surface area contributed by atoms with Gasteiger partial charge in [0, 0.05) is 5.92 Å². The Balaban J connectivity index is 1.89. The van der Waals surface area contributed by atoms with Crippen LogP contribution in [0.5, 0.6) is 0 Å². The van der Waals surface area contributed by atoms with E-state index in [1.807, 2.05) is 12.2 Å². The fraction of sp³-hybridized carbons (Fsp3) is 0.650. The average Bonchev–Trinajstić information content (AvgIpc) is 2.82. The number of fused-ring (bicyclic) bond motifs is 1. The van der Waals surface area contributed by atoms with E-state index in [0.717, 1.165) is 12.3 Å². The molecule has 3 rings (SSSR count). The summed E-state index contributed by atoms with van der Waals surface area (Å²) in [4.78, 5) is 11.6. The van der Waals surface area contributed by atoms with Crippen LogP contribution >= 0.6 is 0 Å². The number of carbonyl (C=O) groups is 1. The molecule has 2 aliphatic carbocycles.